The highest BCUT2D eigenvalue weighted by Gasteiger charge is 2.76. The number of halogens is 4. The zero-order valence-corrected chi connectivity index (χ0v) is 50.9. The molecule has 14 rings (SSSR count). The van der Waals surface area contributed by atoms with E-state index in [0.717, 1.165) is 111 Å². The zero-order valence-electron chi connectivity index (χ0n) is 47.8. The molecule has 0 fully saturated rings. The molecule has 0 spiro atoms. The molecule has 1 radical (unpaired) electrons. The van der Waals surface area contributed by atoms with E-state index in [4.69, 9.17) is 46.4 Å². The normalized spacial score (nSPS) is 19.8. The van der Waals surface area contributed by atoms with Gasteiger partial charge in [0.1, 0.15) is 11.1 Å². The molecule has 0 saturated heterocycles. The van der Waals surface area contributed by atoms with Crippen LogP contribution >= 0.6 is 46.4 Å². The Morgan fingerprint density at radius 1 is 0.232 bits per heavy atom. The lowest BCUT2D eigenvalue weighted by molar-refractivity contribution is -0.240. The summed E-state index contributed by atoms with van der Waals surface area (Å²) in [6, 6.07) is 71.3. The number of hydrogen-bond donors (Lipinski definition) is 0. The summed E-state index contributed by atoms with van der Waals surface area (Å²) in [6.07, 6.45) is 0. The first-order valence-corrected chi connectivity index (χ1v) is 30.0. The van der Waals surface area contributed by atoms with Gasteiger partial charge in [0.2, 0.25) is 0 Å². The molecule has 0 unspecified atom stereocenters. The van der Waals surface area contributed by atoms with Crippen molar-refractivity contribution in [2.45, 2.75) is 102 Å². The Morgan fingerprint density at radius 2 is 0.354 bits per heavy atom. The molecule has 405 valence electrons. The maximum absolute atomic E-state index is 16.8. The van der Waals surface area contributed by atoms with E-state index in [2.05, 4.69) is 250 Å². The Morgan fingerprint density at radius 3 is 0.476 bits per heavy atom. The van der Waals surface area contributed by atoms with Crippen molar-refractivity contribution in [3.05, 3.63) is 348 Å². The lowest BCUT2D eigenvalue weighted by Crippen LogP contribution is -2.62. The van der Waals surface area contributed by atoms with Crippen molar-refractivity contribution in [3.63, 3.8) is 0 Å². The van der Waals surface area contributed by atoms with Gasteiger partial charge in [-0.3, -0.25) is 0 Å². The minimum atomic E-state index is -1.48. The van der Waals surface area contributed by atoms with Crippen LogP contribution in [0.15, 0.2) is 194 Å². The standard InChI is InChI=1S/C76H62Cl4NO/c1-43-11-27-51(28-12-43)73(52-29-13-44(2)14-30-52)63-64(74(73,53-31-15-45(3)16-32-53)54-33-17-46(4)18-34-54)68(78)60-59(67(63)77)71(9)61-62(72(60,10)81(71)82)70(80)66-65(69(61)79)75(55-35-19-47(5)20-36-55,56-37-21-48(6)22-38-56)76(66,57-39-23-49(7)24-40-57)58-41-25-50(8)26-42-58/h11-42H,1-10H3. The maximum Gasteiger partial charge on any atom is 0.101 e. The maximum atomic E-state index is 16.8. The van der Waals surface area contributed by atoms with Gasteiger partial charge in [-0.15, -0.1) is 10.3 Å². The number of rotatable bonds is 8. The van der Waals surface area contributed by atoms with E-state index in [0.29, 0.717) is 42.3 Å². The minimum Gasteiger partial charge on any atom is -0.125 e. The summed E-state index contributed by atoms with van der Waals surface area (Å²) in [4.78, 5) is 0. The highest BCUT2D eigenvalue weighted by Crippen LogP contribution is 2.80. The first-order valence-electron chi connectivity index (χ1n) is 28.5. The summed E-state index contributed by atoms with van der Waals surface area (Å²) in [5.41, 5.74) is 16.7. The predicted octanol–water partition coefficient (Wildman–Crippen LogP) is 19.6. The van der Waals surface area contributed by atoms with Gasteiger partial charge in [-0.25, -0.2) is 0 Å². The first kappa shape index (κ1) is 53.3. The van der Waals surface area contributed by atoms with Crippen LogP contribution in [0, 0.1) is 55.4 Å². The number of hydrogen-bond acceptors (Lipinski definition) is 1. The molecule has 82 heavy (non-hydrogen) atoms. The number of hydroxylamine groups is 2. The van der Waals surface area contributed by atoms with Gasteiger partial charge in [0, 0.05) is 22.3 Å². The molecule has 2 heterocycles. The van der Waals surface area contributed by atoms with Crippen molar-refractivity contribution < 1.29 is 5.21 Å². The molecule has 10 aromatic carbocycles. The fraction of sp³-hybridized carbons (Fsp3) is 0.211. The van der Waals surface area contributed by atoms with Crippen molar-refractivity contribution in [1.82, 2.24) is 5.06 Å². The Labute approximate surface area is 502 Å². The molecule has 0 amide bonds. The molecule has 2 aliphatic heterocycles. The topological polar surface area (TPSA) is 23.1 Å². The van der Waals surface area contributed by atoms with E-state index >= 15 is 5.21 Å². The fourth-order valence-corrected chi connectivity index (χ4v) is 18.4. The average molecular weight is 1150 g/mol. The quantitative estimate of drug-likeness (QED) is 0.149. The minimum absolute atomic E-state index is 0.495. The van der Waals surface area contributed by atoms with Crippen LogP contribution in [0.25, 0.3) is 0 Å². The van der Waals surface area contributed by atoms with Crippen molar-refractivity contribution in [2.75, 3.05) is 0 Å². The Kier molecular flexibility index (Phi) is 11.8. The molecular weight excluding hydrogens is 1080 g/mol. The lowest BCUT2D eigenvalue weighted by Gasteiger charge is -2.64. The molecule has 0 N–H and O–H groups in total. The third kappa shape index (κ3) is 6.26. The van der Waals surface area contributed by atoms with Crippen LogP contribution in [0.4, 0.5) is 0 Å². The second kappa shape index (κ2) is 18.1. The molecule has 0 atom stereocenters. The van der Waals surface area contributed by atoms with Crippen LogP contribution in [0.1, 0.15) is 147 Å². The molecule has 10 aromatic rings. The molecule has 6 heteroatoms. The summed E-state index contributed by atoms with van der Waals surface area (Å²) in [7, 11) is 0. The SMILES string of the molecule is Cc1ccc(C2(c3ccc(C)cc3)c3c(Cl)c4c(c(Cl)c3C2(c2ccc(C)cc2)c2ccc(C)cc2)C2(C)c3c(Cl)c5c(c(Cl)c3C4(C)N2[O])C(c2ccc(C)cc2)(c2ccc(C)cc2)C5(c2ccc(C)cc2)c2ccc(C)cc2)cc1. The average Bonchev–Trinajstić information content (AvgIpc) is 1.14. The van der Waals surface area contributed by atoms with Crippen LogP contribution < -0.4 is 0 Å². The largest absolute Gasteiger partial charge is 0.125 e. The summed E-state index contributed by atoms with van der Waals surface area (Å²) in [6.45, 7) is 21.0. The Balaban J connectivity index is 1.17. The van der Waals surface area contributed by atoms with Gasteiger partial charge >= 0.3 is 0 Å². The Hall–Kier alpha value is -6.72. The second-order valence-electron chi connectivity index (χ2n) is 24.6. The third-order valence-electron chi connectivity index (χ3n) is 20.0. The highest BCUT2D eigenvalue weighted by molar-refractivity contribution is 6.39. The van der Waals surface area contributed by atoms with Gasteiger partial charge in [-0.2, -0.15) is 0 Å². The van der Waals surface area contributed by atoms with Gasteiger partial charge in [0.05, 0.1) is 41.8 Å². The first-order chi connectivity index (χ1) is 39.3. The zero-order chi connectivity index (χ0) is 57.4. The van der Waals surface area contributed by atoms with E-state index in [9.17, 15) is 0 Å². The van der Waals surface area contributed by atoms with Crippen molar-refractivity contribution in [2.24, 2.45) is 0 Å². The van der Waals surface area contributed by atoms with Crippen LogP contribution in [-0.4, -0.2) is 5.06 Å². The molecule has 4 aliphatic rings. The highest BCUT2D eigenvalue weighted by atomic mass is 35.5. The van der Waals surface area contributed by atoms with Gasteiger partial charge in [-0.1, -0.05) is 285 Å². The van der Waals surface area contributed by atoms with Gasteiger partial charge in [0.15, 0.2) is 0 Å². The molecule has 0 saturated carbocycles. The molecule has 0 aromatic heterocycles. The van der Waals surface area contributed by atoms with Crippen molar-refractivity contribution >= 4 is 46.4 Å². The van der Waals surface area contributed by atoms with Crippen LogP contribution in [0.2, 0.25) is 20.1 Å². The smallest absolute Gasteiger partial charge is 0.101 e. The second-order valence-corrected chi connectivity index (χ2v) is 26.1. The summed E-state index contributed by atoms with van der Waals surface area (Å²) in [5, 5.41) is 20.0. The van der Waals surface area contributed by atoms with E-state index < -0.39 is 32.7 Å². The van der Waals surface area contributed by atoms with Crippen molar-refractivity contribution in [3.8, 4) is 0 Å². The van der Waals surface area contributed by atoms with Crippen LogP contribution in [0.3, 0.4) is 0 Å². The predicted molar refractivity (Wildman–Crippen MR) is 337 cm³/mol. The van der Waals surface area contributed by atoms with Crippen molar-refractivity contribution in [1.29, 1.82) is 0 Å². The Bertz CT molecular complexity index is 3550. The third-order valence-corrected chi connectivity index (χ3v) is 21.5. The van der Waals surface area contributed by atoms with E-state index in [1.807, 2.05) is 13.8 Å². The van der Waals surface area contributed by atoms with Crippen LogP contribution in [0.5, 0.6) is 0 Å². The number of nitrogens with zero attached hydrogens (tertiary/aromatic N) is 1. The molecular formula is C76H62Cl4NO. The fourth-order valence-electron chi connectivity index (χ4n) is 16.3. The molecule has 2 bridgehead atoms. The number of aryl methyl sites for hydroxylation is 8. The lowest BCUT2D eigenvalue weighted by atomic mass is 9.37. The summed E-state index contributed by atoms with van der Waals surface area (Å²) < 4.78 is 0. The van der Waals surface area contributed by atoms with Gasteiger partial charge in [0.25, 0.3) is 0 Å². The van der Waals surface area contributed by atoms with Gasteiger partial charge in [-0.05, 0) is 136 Å². The summed E-state index contributed by atoms with van der Waals surface area (Å²) in [5.74, 6) is 0. The summed E-state index contributed by atoms with van der Waals surface area (Å²) >= 11 is 34.5. The van der Waals surface area contributed by atoms with E-state index in [1.165, 1.54) is 5.06 Å². The van der Waals surface area contributed by atoms with E-state index in [1.54, 1.807) is 0 Å². The number of benzene rings is 10. The molecule has 2 nitrogen and oxygen atoms in total. The number of fused-ring (bicyclic) bond motifs is 10. The van der Waals surface area contributed by atoms with E-state index in [-0.39, 0.29) is 0 Å². The molecule has 2 aliphatic carbocycles. The monoisotopic (exact) mass is 1140 g/mol. The van der Waals surface area contributed by atoms with Crippen LogP contribution in [-0.2, 0) is 37.9 Å². The van der Waals surface area contributed by atoms with Gasteiger partial charge < -0.3 is 0 Å².